The number of hydrogen-bond donors (Lipinski definition) is 1. The summed E-state index contributed by atoms with van der Waals surface area (Å²) in [5.74, 6) is 0.860. The number of hydrogen-bond acceptors (Lipinski definition) is 2. The van der Waals surface area contributed by atoms with Crippen LogP contribution in [-0.4, -0.2) is 36.6 Å². The molecule has 2 aliphatic rings. The van der Waals surface area contributed by atoms with Gasteiger partial charge in [0.1, 0.15) is 0 Å². The number of nitrogens with one attached hydrogen (secondary N) is 1. The van der Waals surface area contributed by atoms with Crippen molar-refractivity contribution in [3.05, 3.63) is 0 Å². The Morgan fingerprint density at radius 2 is 2.13 bits per heavy atom. The van der Waals surface area contributed by atoms with Gasteiger partial charge in [0.2, 0.25) is 0 Å². The SMILES string of the molecule is CC(C)CCCNC1CCN2CCCC12. The van der Waals surface area contributed by atoms with Gasteiger partial charge in [0.25, 0.3) is 0 Å². The van der Waals surface area contributed by atoms with Gasteiger partial charge in [-0.25, -0.2) is 0 Å². The Morgan fingerprint density at radius 1 is 1.27 bits per heavy atom. The highest BCUT2D eigenvalue weighted by Gasteiger charge is 2.36. The number of rotatable bonds is 5. The Balaban J connectivity index is 1.63. The molecule has 0 aromatic heterocycles. The molecule has 2 atom stereocenters. The molecule has 0 bridgehead atoms. The van der Waals surface area contributed by atoms with Crippen LogP contribution in [0, 0.1) is 5.92 Å². The molecule has 1 N–H and O–H groups in total. The van der Waals surface area contributed by atoms with E-state index in [0.717, 1.165) is 18.0 Å². The minimum atomic E-state index is 0.805. The van der Waals surface area contributed by atoms with Crippen LogP contribution in [0.15, 0.2) is 0 Å². The van der Waals surface area contributed by atoms with E-state index in [2.05, 4.69) is 24.1 Å². The summed E-state index contributed by atoms with van der Waals surface area (Å²) in [6.07, 6.45) is 6.96. The van der Waals surface area contributed by atoms with Crippen molar-refractivity contribution in [3.63, 3.8) is 0 Å². The van der Waals surface area contributed by atoms with Crippen LogP contribution in [0.5, 0.6) is 0 Å². The summed E-state index contributed by atoms with van der Waals surface area (Å²) in [4.78, 5) is 2.68. The summed E-state index contributed by atoms with van der Waals surface area (Å²) in [5.41, 5.74) is 0. The third-order valence-corrected chi connectivity index (χ3v) is 3.97. The summed E-state index contributed by atoms with van der Waals surface area (Å²) in [6.45, 7) is 8.55. The molecule has 2 saturated heterocycles. The topological polar surface area (TPSA) is 15.3 Å². The molecule has 0 aromatic rings. The van der Waals surface area contributed by atoms with E-state index in [1.165, 1.54) is 51.7 Å². The minimum absolute atomic E-state index is 0.805. The normalized spacial score (nSPS) is 31.4. The molecule has 0 amide bonds. The van der Waals surface area contributed by atoms with E-state index in [-0.39, 0.29) is 0 Å². The smallest absolute Gasteiger partial charge is 0.0250 e. The van der Waals surface area contributed by atoms with Crippen LogP contribution in [0.1, 0.15) is 46.0 Å². The molecule has 2 nitrogen and oxygen atoms in total. The standard InChI is InChI=1S/C13H26N2/c1-11(2)5-3-8-14-12-7-10-15-9-4-6-13(12)15/h11-14H,3-10H2,1-2H3. The Labute approximate surface area is 94.4 Å². The summed E-state index contributed by atoms with van der Waals surface area (Å²) in [7, 11) is 0. The zero-order valence-electron chi connectivity index (χ0n) is 10.3. The van der Waals surface area contributed by atoms with Gasteiger partial charge in [0.15, 0.2) is 0 Å². The fourth-order valence-electron chi connectivity index (χ4n) is 3.12. The van der Waals surface area contributed by atoms with Crippen molar-refractivity contribution in [2.24, 2.45) is 5.92 Å². The van der Waals surface area contributed by atoms with E-state index in [1.54, 1.807) is 0 Å². The molecule has 15 heavy (non-hydrogen) atoms. The third-order valence-electron chi connectivity index (χ3n) is 3.97. The first-order valence-electron chi connectivity index (χ1n) is 6.75. The first-order valence-corrected chi connectivity index (χ1v) is 6.75. The summed E-state index contributed by atoms with van der Waals surface area (Å²) >= 11 is 0. The maximum absolute atomic E-state index is 3.77. The maximum Gasteiger partial charge on any atom is 0.0250 e. The summed E-state index contributed by atoms with van der Waals surface area (Å²) in [5, 5.41) is 3.77. The molecule has 2 fully saturated rings. The molecule has 0 aliphatic carbocycles. The van der Waals surface area contributed by atoms with Gasteiger partial charge in [-0.1, -0.05) is 13.8 Å². The lowest BCUT2D eigenvalue weighted by Crippen LogP contribution is -2.39. The van der Waals surface area contributed by atoms with Crippen molar-refractivity contribution in [3.8, 4) is 0 Å². The zero-order chi connectivity index (χ0) is 10.7. The predicted octanol–water partition coefficient (Wildman–Crippen LogP) is 2.25. The first-order chi connectivity index (χ1) is 7.27. The summed E-state index contributed by atoms with van der Waals surface area (Å²) in [6, 6.07) is 1.68. The fourth-order valence-corrected chi connectivity index (χ4v) is 3.12. The molecule has 2 heterocycles. The molecule has 0 radical (unpaired) electrons. The predicted molar refractivity (Wildman–Crippen MR) is 65.1 cm³/mol. The summed E-state index contributed by atoms with van der Waals surface area (Å²) < 4.78 is 0. The van der Waals surface area contributed by atoms with E-state index in [4.69, 9.17) is 0 Å². The molecule has 2 heteroatoms. The second-order valence-corrected chi connectivity index (χ2v) is 5.63. The largest absolute Gasteiger partial charge is 0.312 e. The van der Waals surface area contributed by atoms with Crippen LogP contribution in [0.4, 0.5) is 0 Å². The molecule has 2 unspecified atom stereocenters. The van der Waals surface area contributed by atoms with Gasteiger partial charge < -0.3 is 5.32 Å². The highest BCUT2D eigenvalue weighted by atomic mass is 15.2. The Morgan fingerprint density at radius 3 is 2.93 bits per heavy atom. The van der Waals surface area contributed by atoms with Crippen molar-refractivity contribution in [1.29, 1.82) is 0 Å². The highest BCUT2D eigenvalue weighted by Crippen LogP contribution is 2.27. The second-order valence-electron chi connectivity index (χ2n) is 5.63. The van der Waals surface area contributed by atoms with Crippen molar-refractivity contribution in [1.82, 2.24) is 10.2 Å². The first kappa shape index (κ1) is 11.4. The minimum Gasteiger partial charge on any atom is -0.312 e. The quantitative estimate of drug-likeness (QED) is 0.700. The second kappa shape index (κ2) is 5.31. The lowest BCUT2D eigenvalue weighted by Gasteiger charge is -2.21. The van der Waals surface area contributed by atoms with Gasteiger partial charge in [-0.2, -0.15) is 0 Å². The lowest BCUT2D eigenvalue weighted by molar-refractivity contribution is 0.298. The molecule has 0 aromatic carbocycles. The van der Waals surface area contributed by atoms with E-state index < -0.39 is 0 Å². The number of fused-ring (bicyclic) bond motifs is 1. The van der Waals surface area contributed by atoms with E-state index in [0.29, 0.717) is 0 Å². The van der Waals surface area contributed by atoms with E-state index >= 15 is 0 Å². The van der Waals surface area contributed by atoms with Gasteiger partial charge in [-0.3, -0.25) is 4.90 Å². The van der Waals surface area contributed by atoms with Crippen molar-refractivity contribution in [2.75, 3.05) is 19.6 Å². The molecule has 0 spiro atoms. The fraction of sp³-hybridized carbons (Fsp3) is 1.00. The lowest BCUT2D eigenvalue weighted by atomic mass is 10.1. The molecule has 88 valence electrons. The van der Waals surface area contributed by atoms with Crippen LogP contribution in [0.3, 0.4) is 0 Å². The van der Waals surface area contributed by atoms with Crippen LogP contribution in [0.2, 0.25) is 0 Å². The van der Waals surface area contributed by atoms with Crippen LogP contribution < -0.4 is 5.32 Å². The van der Waals surface area contributed by atoms with Gasteiger partial charge in [-0.05, 0) is 51.1 Å². The van der Waals surface area contributed by atoms with Crippen LogP contribution >= 0.6 is 0 Å². The molecular weight excluding hydrogens is 184 g/mol. The Hall–Kier alpha value is -0.0800. The van der Waals surface area contributed by atoms with Crippen molar-refractivity contribution < 1.29 is 0 Å². The van der Waals surface area contributed by atoms with Gasteiger partial charge in [0, 0.05) is 18.6 Å². The van der Waals surface area contributed by atoms with Crippen molar-refractivity contribution in [2.45, 2.75) is 58.0 Å². The van der Waals surface area contributed by atoms with Gasteiger partial charge in [-0.15, -0.1) is 0 Å². The van der Waals surface area contributed by atoms with Crippen LogP contribution in [0.25, 0.3) is 0 Å². The molecule has 0 saturated carbocycles. The van der Waals surface area contributed by atoms with Crippen LogP contribution in [-0.2, 0) is 0 Å². The zero-order valence-corrected chi connectivity index (χ0v) is 10.3. The van der Waals surface area contributed by atoms with Crippen molar-refractivity contribution >= 4 is 0 Å². The molecule has 2 rings (SSSR count). The Bertz CT molecular complexity index is 191. The Kier molecular flexibility index (Phi) is 4.04. The van der Waals surface area contributed by atoms with Gasteiger partial charge in [0.05, 0.1) is 0 Å². The number of nitrogens with zero attached hydrogens (tertiary/aromatic N) is 1. The third kappa shape index (κ3) is 2.94. The average Bonchev–Trinajstić information content (AvgIpc) is 2.74. The van der Waals surface area contributed by atoms with E-state index in [9.17, 15) is 0 Å². The van der Waals surface area contributed by atoms with Gasteiger partial charge >= 0.3 is 0 Å². The molecule has 2 aliphatic heterocycles. The monoisotopic (exact) mass is 210 g/mol. The molecular formula is C13H26N2. The highest BCUT2D eigenvalue weighted by molar-refractivity contribution is 4.95. The van der Waals surface area contributed by atoms with E-state index in [1.807, 2.05) is 0 Å². The maximum atomic E-state index is 3.77. The average molecular weight is 210 g/mol.